The normalized spacial score (nSPS) is 19.9. The summed E-state index contributed by atoms with van der Waals surface area (Å²) in [5, 5.41) is 3.12. The number of hydrogen-bond acceptors (Lipinski definition) is 5. The third-order valence-electron chi connectivity index (χ3n) is 4.38. The number of aryl methyl sites for hydroxylation is 1. The first-order valence-corrected chi connectivity index (χ1v) is 8.54. The van der Waals surface area contributed by atoms with Crippen molar-refractivity contribution in [2.45, 2.75) is 44.8 Å². The number of amides is 1. The molecular formula is C19H23N3O3. The zero-order valence-electron chi connectivity index (χ0n) is 14.6. The molecule has 0 radical (unpaired) electrons. The first kappa shape index (κ1) is 17.2. The minimum atomic E-state index is -0.00766. The Morgan fingerprint density at radius 3 is 2.64 bits per heavy atom. The van der Waals surface area contributed by atoms with Crippen LogP contribution in [0.3, 0.4) is 0 Å². The number of aromatic nitrogens is 2. The van der Waals surface area contributed by atoms with Crippen LogP contribution in [0.5, 0.6) is 11.8 Å². The standard InChI is InChI=1S/C19H23N3O3/c1-13-4-3-5-14(10-13)19(23)21-15-6-8-16(9-7-15)25-18-12-20-11-17(22-18)24-2/h3-5,10-12,15-16H,6-9H2,1-2H3,(H,21,23). The molecule has 0 bridgehead atoms. The zero-order valence-corrected chi connectivity index (χ0v) is 14.6. The van der Waals surface area contributed by atoms with Crippen molar-refractivity contribution in [1.29, 1.82) is 0 Å². The highest BCUT2D eigenvalue weighted by Gasteiger charge is 2.24. The Labute approximate surface area is 147 Å². The summed E-state index contributed by atoms with van der Waals surface area (Å²) < 4.78 is 10.9. The van der Waals surface area contributed by atoms with Gasteiger partial charge in [0.1, 0.15) is 6.10 Å². The monoisotopic (exact) mass is 341 g/mol. The summed E-state index contributed by atoms with van der Waals surface area (Å²) in [6.07, 6.45) is 6.75. The Morgan fingerprint density at radius 2 is 1.92 bits per heavy atom. The van der Waals surface area contributed by atoms with E-state index in [-0.39, 0.29) is 18.1 Å². The minimum Gasteiger partial charge on any atom is -0.480 e. The second kappa shape index (κ2) is 7.96. The van der Waals surface area contributed by atoms with Crippen molar-refractivity contribution in [3.63, 3.8) is 0 Å². The lowest BCUT2D eigenvalue weighted by molar-refractivity contribution is 0.0889. The van der Waals surface area contributed by atoms with Gasteiger partial charge >= 0.3 is 0 Å². The smallest absolute Gasteiger partial charge is 0.251 e. The molecule has 132 valence electrons. The molecule has 1 heterocycles. The van der Waals surface area contributed by atoms with Gasteiger partial charge in [-0.25, -0.2) is 0 Å². The molecule has 1 aliphatic rings. The van der Waals surface area contributed by atoms with Crippen LogP contribution in [0.25, 0.3) is 0 Å². The average molecular weight is 341 g/mol. The SMILES string of the molecule is COc1cncc(OC2CCC(NC(=O)c3cccc(C)c3)CC2)n1. The average Bonchev–Trinajstić information content (AvgIpc) is 2.63. The van der Waals surface area contributed by atoms with Crippen LogP contribution in [0.15, 0.2) is 36.7 Å². The maximum atomic E-state index is 12.3. The van der Waals surface area contributed by atoms with Crippen LogP contribution in [0.4, 0.5) is 0 Å². The first-order chi connectivity index (χ1) is 12.1. The molecule has 1 aliphatic carbocycles. The fourth-order valence-electron chi connectivity index (χ4n) is 3.04. The lowest BCUT2D eigenvalue weighted by Gasteiger charge is -2.29. The van der Waals surface area contributed by atoms with Crippen LogP contribution in [0.1, 0.15) is 41.6 Å². The van der Waals surface area contributed by atoms with E-state index in [0.717, 1.165) is 31.2 Å². The van der Waals surface area contributed by atoms with Crippen molar-refractivity contribution in [2.75, 3.05) is 7.11 Å². The van der Waals surface area contributed by atoms with Gasteiger partial charge < -0.3 is 14.8 Å². The molecule has 1 N–H and O–H groups in total. The van der Waals surface area contributed by atoms with Gasteiger partial charge in [0.05, 0.1) is 19.5 Å². The predicted octanol–water partition coefficient (Wildman–Crippen LogP) is 2.91. The van der Waals surface area contributed by atoms with Crippen molar-refractivity contribution in [2.24, 2.45) is 0 Å². The predicted molar refractivity (Wildman–Crippen MR) is 93.9 cm³/mol. The topological polar surface area (TPSA) is 73.3 Å². The van der Waals surface area contributed by atoms with Crippen molar-refractivity contribution < 1.29 is 14.3 Å². The zero-order chi connectivity index (χ0) is 17.6. The summed E-state index contributed by atoms with van der Waals surface area (Å²) in [5.41, 5.74) is 1.80. The van der Waals surface area contributed by atoms with Gasteiger partial charge in [-0.2, -0.15) is 4.98 Å². The molecule has 6 heteroatoms. The number of rotatable bonds is 5. The van der Waals surface area contributed by atoms with Gasteiger partial charge in [-0.15, -0.1) is 0 Å². The van der Waals surface area contributed by atoms with Gasteiger partial charge in [-0.1, -0.05) is 17.7 Å². The fraction of sp³-hybridized carbons (Fsp3) is 0.421. The van der Waals surface area contributed by atoms with Crippen molar-refractivity contribution in [3.8, 4) is 11.8 Å². The van der Waals surface area contributed by atoms with E-state index in [9.17, 15) is 4.79 Å². The highest BCUT2D eigenvalue weighted by molar-refractivity contribution is 5.94. The van der Waals surface area contributed by atoms with E-state index in [1.165, 1.54) is 0 Å². The van der Waals surface area contributed by atoms with Crippen LogP contribution >= 0.6 is 0 Å². The summed E-state index contributed by atoms with van der Waals surface area (Å²) in [4.78, 5) is 20.6. The molecule has 25 heavy (non-hydrogen) atoms. The number of carbonyl (C=O) groups is 1. The molecule has 1 fully saturated rings. The Hall–Kier alpha value is -2.63. The number of hydrogen-bond donors (Lipinski definition) is 1. The summed E-state index contributed by atoms with van der Waals surface area (Å²) in [5.74, 6) is 0.912. The van der Waals surface area contributed by atoms with Gasteiger partial charge in [-0.3, -0.25) is 9.78 Å². The summed E-state index contributed by atoms with van der Waals surface area (Å²) in [6, 6.07) is 7.83. The third-order valence-corrected chi connectivity index (χ3v) is 4.38. The molecule has 0 spiro atoms. The molecule has 1 aromatic carbocycles. The molecule has 1 saturated carbocycles. The molecule has 0 unspecified atom stereocenters. The molecule has 0 atom stereocenters. The molecule has 1 amide bonds. The lowest BCUT2D eigenvalue weighted by Crippen LogP contribution is -2.39. The third kappa shape index (κ3) is 4.68. The van der Waals surface area contributed by atoms with E-state index in [4.69, 9.17) is 9.47 Å². The van der Waals surface area contributed by atoms with Gasteiger partial charge in [-0.05, 0) is 44.7 Å². The molecule has 0 saturated heterocycles. The fourth-order valence-corrected chi connectivity index (χ4v) is 3.04. The van der Waals surface area contributed by atoms with E-state index in [1.807, 2.05) is 31.2 Å². The number of carbonyl (C=O) groups excluding carboxylic acids is 1. The maximum absolute atomic E-state index is 12.3. The van der Waals surface area contributed by atoms with Crippen molar-refractivity contribution in [1.82, 2.24) is 15.3 Å². The number of nitrogens with zero attached hydrogens (tertiary/aromatic N) is 2. The van der Waals surface area contributed by atoms with Crippen LogP contribution < -0.4 is 14.8 Å². The van der Waals surface area contributed by atoms with Crippen molar-refractivity contribution in [3.05, 3.63) is 47.8 Å². The Kier molecular flexibility index (Phi) is 5.48. The number of ether oxygens (including phenoxy) is 2. The van der Waals surface area contributed by atoms with E-state index in [2.05, 4.69) is 15.3 Å². The second-order valence-electron chi connectivity index (χ2n) is 6.33. The largest absolute Gasteiger partial charge is 0.480 e. The quantitative estimate of drug-likeness (QED) is 0.905. The van der Waals surface area contributed by atoms with Crippen LogP contribution in [-0.2, 0) is 0 Å². The molecule has 0 aliphatic heterocycles. The van der Waals surface area contributed by atoms with Gasteiger partial charge in [0, 0.05) is 11.6 Å². The van der Waals surface area contributed by atoms with E-state index < -0.39 is 0 Å². The second-order valence-corrected chi connectivity index (χ2v) is 6.33. The molecule has 3 rings (SSSR count). The molecule has 2 aromatic rings. The van der Waals surface area contributed by atoms with Gasteiger partial charge in [0.15, 0.2) is 0 Å². The number of benzene rings is 1. The number of methoxy groups -OCH3 is 1. The summed E-state index contributed by atoms with van der Waals surface area (Å²) in [6.45, 7) is 1.99. The lowest BCUT2D eigenvalue weighted by atomic mass is 9.92. The minimum absolute atomic E-state index is 0.00766. The van der Waals surface area contributed by atoms with Crippen LogP contribution in [0, 0.1) is 6.92 Å². The van der Waals surface area contributed by atoms with E-state index in [1.54, 1.807) is 19.5 Å². The molecular weight excluding hydrogens is 318 g/mol. The number of nitrogens with one attached hydrogen (secondary N) is 1. The van der Waals surface area contributed by atoms with Gasteiger partial charge in [0.25, 0.3) is 5.91 Å². The van der Waals surface area contributed by atoms with Crippen LogP contribution in [0.2, 0.25) is 0 Å². The van der Waals surface area contributed by atoms with Gasteiger partial charge in [0.2, 0.25) is 11.8 Å². The molecule has 6 nitrogen and oxygen atoms in total. The maximum Gasteiger partial charge on any atom is 0.251 e. The molecule has 1 aromatic heterocycles. The van der Waals surface area contributed by atoms with Crippen LogP contribution in [-0.4, -0.2) is 35.1 Å². The highest BCUT2D eigenvalue weighted by atomic mass is 16.5. The summed E-state index contributed by atoms with van der Waals surface area (Å²) >= 11 is 0. The highest BCUT2D eigenvalue weighted by Crippen LogP contribution is 2.23. The Balaban J connectivity index is 1.49. The first-order valence-electron chi connectivity index (χ1n) is 8.54. The van der Waals surface area contributed by atoms with Crippen molar-refractivity contribution >= 4 is 5.91 Å². The summed E-state index contributed by atoms with van der Waals surface area (Å²) in [7, 11) is 1.55. The Bertz CT molecular complexity index is 727. The van der Waals surface area contributed by atoms with E-state index >= 15 is 0 Å². The Morgan fingerprint density at radius 1 is 1.16 bits per heavy atom. The van der Waals surface area contributed by atoms with E-state index in [0.29, 0.717) is 17.3 Å².